The smallest absolute Gasteiger partial charge is 0.328 e. The van der Waals surface area contributed by atoms with Gasteiger partial charge in [0.2, 0.25) is 5.91 Å². The van der Waals surface area contributed by atoms with Gasteiger partial charge in [-0.15, -0.1) is 0 Å². The molecular weight excluding hydrogens is 304 g/mol. The van der Waals surface area contributed by atoms with Gasteiger partial charge in [0.05, 0.1) is 7.11 Å². The number of carbonyl (C=O) groups is 2. The molecule has 0 saturated carbocycles. The quantitative estimate of drug-likeness (QED) is 0.606. The zero-order chi connectivity index (χ0) is 17.5. The number of carbonyl (C=O) groups excluding carboxylic acids is 2. The van der Waals surface area contributed by atoms with Gasteiger partial charge in [0.15, 0.2) is 0 Å². The van der Waals surface area contributed by atoms with Crippen LogP contribution in [0.25, 0.3) is 10.9 Å². The summed E-state index contributed by atoms with van der Waals surface area (Å²) in [5, 5.41) is 3.81. The Morgan fingerprint density at radius 1 is 1.25 bits per heavy atom. The Morgan fingerprint density at radius 3 is 2.62 bits per heavy atom. The van der Waals surface area contributed by atoms with Crippen LogP contribution in [0.3, 0.4) is 0 Å². The fourth-order valence-electron chi connectivity index (χ4n) is 2.71. The minimum atomic E-state index is -0.715. The third-order valence-corrected chi connectivity index (χ3v) is 4.14. The summed E-state index contributed by atoms with van der Waals surface area (Å²) in [7, 11) is 1.33. The molecule has 128 valence electrons. The molecular formula is C19H24N2O3. The van der Waals surface area contributed by atoms with E-state index >= 15 is 0 Å². The van der Waals surface area contributed by atoms with Crippen molar-refractivity contribution in [3.05, 3.63) is 47.7 Å². The minimum Gasteiger partial charge on any atom is -0.467 e. The lowest BCUT2D eigenvalue weighted by Gasteiger charge is -2.15. The number of H-pyrrole nitrogens is 1. The zero-order valence-corrected chi connectivity index (χ0v) is 14.4. The highest BCUT2D eigenvalue weighted by Crippen LogP contribution is 2.19. The Morgan fingerprint density at radius 2 is 1.96 bits per heavy atom. The van der Waals surface area contributed by atoms with Gasteiger partial charge in [0, 0.05) is 29.6 Å². The van der Waals surface area contributed by atoms with E-state index in [0.29, 0.717) is 6.42 Å². The number of nitrogens with one attached hydrogen (secondary N) is 2. The number of hydrogen-bond acceptors (Lipinski definition) is 3. The average Bonchev–Trinajstić information content (AvgIpc) is 3.01. The maximum Gasteiger partial charge on any atom is 0.328 e. The number of ether oxygens (including phenoxy) is 1. The number of methoxy groups -OCH3 is 1. The number of allylic oxidation sites excluding steroid dienone is 1. The van der Waals surface area contributed by atoms with Crippen LogP contribution in [-0.2, 0) is 20.7 Å². The summed E-state index contributed by atoms with van der Waals surface area (Å²) in [4.78, 5) is 27.4. The highest BCUT2D eigenvalue weighted by atomic mass is 16.5. The van der Waals surface area contributed by atoms with Crippen molar-refractivity contribution < 1.29 is 14.3 Å². The molecule has 0 fully saturated rings. The molecule has 2 aromatic rings. The van der Waals surface area contributed by atoms with E-state index < -0.39 is 12.0 Å². The maximum absolute atomic E-state index is 12.2. The molecule has 1 amide bonds. The van der Waals surface area contributed by atoms with Crippen LogP contribution in [0.4, 0.5) is 0 Å². The minimum absolute atomic E-state index is 0.260. The third-order valence-electron chi connectivity index (χ3n) is 4.14. The van der Waals surface area contributed by atoms with Gasteiger partial charge in [-0.3, -0.25) is 4.79 Å². The first kappa shape index (κ1) is 17.8. The second-order valence-electron chi connectivity index (χ2n) is 5.66. The Kier molecular flexibility index (Phi) is 6.18. The molecule has 0 bridgehead atoms. The van der Waals surface area contributed by atoms with Crippen LogP contribution in [0, 0.1) is 0 Å². The largest absolute Gasteiger partial charge is 0.467 e. The number of aromatic nitrogens is 1. The first-order valence-electron chi connectivity index (χ1n) is 8.21. The topological polar surface area (TPSA) is 71.2 Å². The predicted octanol–water partition coefficient (Wildman–Crippen LogP) is 3.11. The molecule has 0 radical (unpaired) electrons. The number of hydrogen-bond donors (Lipinski definition) is 2. The summed E-state index contributed by atoms with van der Waals surface area (Å²) < 4.78 is 4.85. The second kappa shape index (κ2) is 8.34. The first-order valence-corrected chi connectivity index (χ1v) is 8.21. The lowest BCUT2D eigenvalue weighted by atomic mass is 10.0. The Balaban J connectivity index is 2.18. The van der Waals surface area contributed by atoms with Crippen LogP contribution in [0.5, 0.6) is 0 Å². The van der Waals surface area contributed by atoms with Crippen molar-refractivity contribution in [2.24, 2.45) is 0 Å². The van der Waals surface area contributed by atoms with Crippen molar-refractivity contribution in [2.75, 3.05) is 7.11 Å². The van der Waals surface area contributed by atoms with Crippen LogP contribution in [0.2, 0.25) is 0 Å². The second-order valence-corrected chi connectivity index (χ2v) is 5.66. The van der Waals surface area contributed by atoms with Gasteiger partial charge in [-0.25, -0.2) is 4.79 Å². The number of fused-ring (bicyclic) bond motifs is 1. The number of para-hydroxylation sites is 1. The third kappa shape index (κ3) is 4.25. The number of rotatable bonds is 7. The molecule has 0 spiro atoms. The van der Waals surface area contributed by atoms with E-state index in [1.54, 1.807) is 6.08 Å². The molecule has 0 aliphatic carbocycles. The molecule has 0 aliphatic rings. The molecule has 1 aromatic heterocycles. The average molecular weight is 328 g/mol. The van der Waals surface area contributed by atoms with Crippen molar-refractivity contribution in [1.82, 2.24) is 10.3 Å². The molecule has 2 rings (SSSR count). The van der Waals surface area contributed by atoms with Crippen LogP contribution in [-0.4, -0.2) is 30.0 Å². The van der Waals surface area contributed by atoms with E-state index in [9.17, 15) is 9.59 Å². The van der Waals surface area contributed by atoms with E-state index in [4.69, 9.17) is 4.74 Å². The Labute approximate surface area is 142 Å². The van der Waals surface area contributed by atoms with E-state index in [0.717, 1.165) is 34.9 Å². The van der Waals surface area contributed by atoms with Gasteiger partial charge in [0.1, 0.15) is 6.04 Å². The van der Waals surface area contributed by atoms with E-state index in [1.165, 1.54) is 7.11 Å². The van der Waals surface area contributed by atoms with Crippen LogP contribution >= 0.6 is 0 Å². The summed E-state index contributed by atoms with van der Waals surface area (Å²) in [6.07, 6.45) is 5.45. The lowest BCUT2D eigenvalue weighted by Crippen LogP contribution is -2.42. The van der Waals surface area contributed by atoms with E-state index in [-0.39, 0.29) is 5.91 Å². The normalized spacial score (nSPS) is 11.8. The Hall–Kier alpha value is -2.56. The van der Waals surface area contributed by atoms with Crippen LogP contribution in [0.15, 0.2) is 42.1 Å². The number of amides is 1. The highest BCUT2D eigenvalue weighted by molar-refractivity contribution is 5.92. The van der Waals surface area contributed by atoms with Crippen LogP contribution in [0.1, 0.15) is 32.3 Å². The van der Waals surface area contributed by atoms with Gasteiger partial charge < -0.3 is 15.0 Å². The lowest BCUT2D eigenvalue weighted by molar-refractivity contribution is -0.144. The highest BCUT2D eigenvalue weighted by Gasteiger charge is 2.22. The maximum atomic E-state index is 12.2. The van der Waals surface area contributed by atoms with Gasteiger partial charge in [-0.1, -0.05) is 37.6 Å². The van der Waals surface area contributed by atoms with Crippen molar-refractivity contribution >= 4 is 22.8 Å². The molecule has 1 heterocycles. The number of aromatic amines is 1. The SMILES string of the molecule is CCC(=CC(=O)N[C@H](Cc1c[nH]c2ccccc12)C(=O)OC)CC. The molecule has 1 atom stereocenters. The number of esters is 1. The van der Waals surface area contributed by atoms with Gasteiger partial charge in [-0.05, 0) is 24.5 Å². The molecule has 0 unspecified atom stereocenters. The van der Waals surface area contributed by atoms with Gasteiger partial charge in [0.25, 0.3) is 0 Å². The first-order chi connectivity index (χ1) is 11.6. The van der Waals surface area contributed by atoms with Crippen molar-refractivity contribution in [3.63, 3.8) is 0 Å². The fraction of sp³-hybridized carbons (Fsp3) is 0.368. The summed E-state index contributed by atoms with van der Waals surface area (Å²) in [6.45, 7) is 4.01. The summed E-state index contributed by atoms with van der Waals surface area (Å²) in [5.74, 6) is -0.708. The van der Waals surface area contributed by atoms with Crippen molar-refractivity contribution in [3.8, 4) is 0 Å². The Bertz CT molecular complexity index is 740. The van der Waals surface area contributed by atoms with E-state index in [1.807, 2.05) is 44.3 Å². The van der Waals surface area contributed by atoms with Gasteiger partial charge in [-0.2, -0.15) is 0 Å². The molecule has 5 heteroatoms. The standard InChI is InChI=1S/C19H24N2O3/c1-4-13(5-2)10-18(22)21-17(19(23)24-3)11-14-12-20-16-9-7-6-8-15(14)16/h6-10,12,17,20H,4-5,11H2,1-3H3,(H,21,22)/t17-/m1/s1. The monoisotopic (exact) mass is 328 g/mol. The molecule has 0 saturated heterocycles. The van der Waals surface area contributed by atoms with Gasteiger partial charge >= 0.3 is 5.97 Å². The van der Waals surface area contributed by atoms with Crippen LogP contribution < -0.4 is 5.32 Å². The summed E-state index contributed by atoms with van der Waals surface area (Å²) in [5.41, 5.74) is 3.02. The number of benzene rings is 1. The molecule has 1 aromatic carbocycles. The molecule has 5 nitrogen and oxygen atoms in total. The molecule has 0 aliphatic heterocycles. The summed E-state index contributed by atoms with van der Waals surface area (Å²) in [6, 6.07) is 7.14. The zero-order valence-electron chi connectivity index (χ0n) is 14.4. The summed E-state index contributed by atoms with van der Waals surface area (Å²) >= 11 is 0. The fourth-order valence-corrected chi connectivity index (χ4v) is 2.71. The van der Waals surface area contributed by atoms with Crippen molar-refractivity contribution in [2.45, 2.75) is 39.2 Å². The molecule has 2 N–H and O–H groups in total. The van der Waals surface area contributed by atoms with E-state index in [2.05, 4.69) is 10.3 Å². The molecule has 24 heavy (non-hydrogen) atoms. The van der Waals surface area contributed by atoms with Crippen molar-refractivity contribution in [1.29, 1.82) is 0 Å². The predicted molar refractivity (Wildman–Crippen MR) is 94.6 cm³/mol.